The van der Waals surface area contributed by atoms with E-state index in [1.54, 1.807) is 12.1 Å². The van der Waals surface area contributed by atoms with E-state index in [1.807, 2.05) is 0 Å². The van der Waals surface area contributed by atoms with Gasteiger partial charge in [-0.25, -0.2) is 4.39 Å². The molecular formula is C15H20ClFN2. The maximum Gasteiger partial charge on any atom is 0.127 e. The molecule has 3 rings (SSSR count). The lowest BCUT2D eigenvalue weighted by molar-refractivity contribution is 0.189. The highest BCUT2D eigenvalue weighted by Gasteiger charge is 2.31. The number of nitrogens with one attached hydrogen (secondary N) is 1. The maximum atomic E-state index is 13.6. The van der Waals surface area contributed by atoms with E-state index in [4.69, 9.17) is 11.6 Å². The second-order valence-electron chi connectivity index (χ2n) is 5.66. The highest BCUT2D eigenvalue weighted by atomic mass is 35.5. The van der Waals surface area contributed by atoms with Crippen molar-refractivity contribution >= 4 is 11.6 Å². The molecule has 0 radical (unpaired) electrons. The quantitative estimate of drug-likeness (QED) is 0.912. The molecule has 2 nitrogen and oxygen atoms in total. The van der Waals surface area contributed by atoms with E-state index in [-0.39, 0.29) is 5.82 Å². The van der Waals surface area contributed by atoms with Crippen molar-refractivity contribution in [3.8, 4) is 0 Å². The Morgan fingerprint density at radius 2 is 1.95 bits per heavy atom. The number of nitrogens with zero attached hydrogens (tertiary/aromatic N) is 1. The molecule has 0 spiro atoms. The molecule has 1 aromatic rings. The van der Waals surface area contributed by atoms with Gasteiger partial charge in [0.1, 0.15) is 5.82 Å². The molecule has 0 unspecified atom stereocenters. The Morgan fingerprint density at radius 1 is 1.21 bits per heavy atom. The molecule has 1 saturated heterocycles. The first kappa shape index (κ1) is 13.3. The van der Waals surface area contributed by atoms with Crippen molar-refractivity contribution < 1.29 is 4.39 Å². The Balaban J connectivity index is 1.48. The summed E-state index contributed by atoms with van der Waals surface area (Å²) in [6.45, 7) is 2.93. The maximum absolute atomic E-state index is 13.6. The summed E-state index contributed by atoms with van der Waals surface area (Å²) in [5.74, 6) is -0.174. The second kappa shape index (κ2) is 5.78. The minimum absolute atomic E-state index is 0.174. The number of hydrogen-bond donors (Lipinski definition) is 1. The summed E-state index contributed by atoms with van der Waals surface area (Å²) in [7, 11) is 0. The molecule has 1 aliphatic heterocycles. The fourth-order valence-corrected chi connectivity index (χ4v) is 3.04. The van der Waals surface area contributed by atoms with E-state index in [9.17, 15) is 4.39 Å². The molecule has 2 aliphatic rings. The van der Waals surface area contributed by atoms with Gasteiger partial charge in [0.15, 0.2) is 0 Å². The number of halogens is 2. The van der Waals surface area contributed by atoms with Crippen molar-refractivity contribution in [3.05, 3.63) is 34.6 Å². The lowest BCUT2D eigenvalue weighted by Crippen LogP contribution is -2.43. The van der Waals surface area contributed by atoms with Crippen molar-refractivity contribution in [2.24, 2.45) is 0 Å². The minimum Gasteiger partial charge on any atom is -0.310 e. The van der Waals surface area contributed by atoms with Gasteiger partial charge < -0.3 is 10.2 Å². The van der Waals surface area contributed by atoms with E-state index < -0.39 is 0 Å². The van der Waals surface area contributed by atoms with E-state index in [0.29, 0.717) is 23.2 Å². The zero-order valence-corrected chi connectivity index (χ0v) is 11.8. The first-order valence-electron chi connectivity index (χ1n) is 7.14. The van der Waals surface area contributed by atoms with Crippen LogP contribution < -0.4 is 5.32 Å². The Bertz CT molecular complexity index is 440. The van der Waals surface area contributed by atoms with Crippen LogP contribution in [0.5, 0.6) is 0 Å². The molecule has 1 aliphatic carbocycles. The molecule has 1 heterocycles. The standard InChI is InChI=1S/C15H20ClFN2/c16-12-1-4-15(17)11(9-12)10-18-13-5-7-19(8-6-13)14-2-3-14/h1,4,9,13-14,18H,2-3,5-8,10H2. The minimum atomic E-state index is -0.174. The van der Waals surface area contributed by atoms with Crippen LogP contribution in [-0.4, -0.2) is 30.1 Å². The molecule has 1 N–H and O–H groups in total. The molecule has 0 aromatic heterocycles. The zero-order chi connectivity index (χ0) is 13.2. The second-order valence-corrected chi connectivity index (χ2v) is 6.09. The Hall–Kier alpha value is -0.640. The van der Waals surface area contributed by atoms with Gasteiger partial charge in [-0.2, -0.15) is 0 Å². The fraction of sp³-hybridized carbons (Fsp3) is 0.600. The topological polar surface area (TPSA) is 15.3 Å². The summed E-state index contributed by atoms with van der Waals surface area (Å²) in [4.78, 5) is 2.60. The van der Waals surface area contributed by atoms with Crippen LogP contribution in [0.25, 0.3) is 0 Å². The van der Waals surface area contributed by atoms with Crippen molar-refractivity contribution in [1.29, 1.82) is 0 Å². The first-order valence-corrected chi connectivity index (χ1v) is 7.51. The third kappa shape index (κ3) is 3.47. The van der Waals surface area contributed by atoms with Gasteiger partial charge in [0.2, 0.25) is 0 Å². The smallest absolute Gasteiger partial charge is 0.127 e. The van der Waals surface area contributed by atoms with Crippen LogP contribution in [-0.2, 0) is 6.54 Å². The third-order valence-corrected chi connectivity index (χ3v) is 4.42. The number of hydrogen-bond acceptors (Lipinski definition) is 2. The number of benzene rings is 1. The van der Waals surface area contributed by atoms with E-state index in [0.717, 1.165) is 6.04 Å². The highest BCUT2D eigenvalue weighted by molar-refractivity contribution is 6.30. The van der Waals surface area contributed by atoms with Crippen LogP contribution >= 0.6 is 11.6 Å². The van der Waals surface area contributed by atoms with E-state index >= 15 is 0 Å². The summed E-state index contributed by atoms with van der Waals surface area (Å²) >= 11 is 5.90. The fourth-order valence-electron chi connectivity index (χ4n) is 2.84. The molecule has 104 valence electrons. The van der Waals surface area contributed by atoms with Gasteiger partial charge in [0.05, 0.1) is 0 Å². The summed E-state index contributed by atoms with van der Waals surface area (Å²) in [5.41, 5.74) is 0.664. The lowest BCUT2D eigenvalue weighted by atomic mass is 10.0. The summed E-state index contributed by atoms with van der Waals surface area (Å²) in [6.07, 6.45) is 5.09. The molecule has 0 atom stereocenters. The number of likely N-dealkylation sites (tertiary alicyclic amines) is 1. The molecule has 1 saturated carbocycles. The summed E-state index contributed by atoms with van der Waals surface area (Å²) < 4.78 is 13.6. The zero-order valence-electron chi connectivity index (χ0n) is 11.0. The van der Waals surface area contributed by atoms with Crippen LogP contribution in [0.2, 0.25) is 5.02 Å². The molecule has 2 fully saturated rings. The average Bonchev–Trinajstić information content (AvgIpc) is 3.25. The van der Waals surface area contributed by atoms with E-state index in [1.165, 1.54) is 44.8 Å². The van der Waals surface area contributed by atoms with Crippen LogP contribution in [0.3, 0.4) is 0 Å². The number of piperidine rings is 1. The van der Waals surface area contributed by atoms with Gasteiger partial charge in [-0.15, -0.1) is 0 Å². The molecule has 1 aromatic carbocycles. The lowest BCUT2D eigenvalue weighted by Gasteiger charge is -2.32. The third-order valence-electron chi connectivity index (χ3n) is 4.18. The Kier molecular flexibility index (Phi) is 4.06. The molecule has 0 bridgehead atoms. The molecular weight excluding hydrogens is 263 g/mol. The largest absolute Gasteiger partial charge is 0.310 e. The van der Waals surface area contributed by atoms with Crippen LogP contribution in [0.4, 0.5) is 4.39 Å². The Morgan fingerprint density at radius 3 is 2.63 bits per heavy atom. The van der Waals surface area contributed by atoms with Crippen LogP contribution in [0.1, 0.15) is 31.2 Å². The highest BCUT2D eigenvalue weighted by Crippen LogP contribution is 2.29. The Labute approximate surface area is 118 Å². The first-order chi connectivity index (χ1) is 9.22. The number of rotatable bonds is 4. The molecule has 4 heteroatoms. The van der Waals surface area contributed by atoms with Gasteiger partial charge in [-0.3, -0.25) is 0 Å². The summed E-state index contributed by atoms with van der Waals surface area (Å²) in [6, 6.07) is 6.12. The molecule has 0 amide bonds. The van der Waals surface area contributed by atoms with Gasteiger partial charge in [0.25, 0.3) is 0 Å². The SMILES string of the molecule is Fc1ccc(Cl)cc1CNC1CCN(C2CC2)CC1. The van der Waals surface area contributed by atoms with Crippen LogP contribution in [0, 0.1) is 5.82 Å². The van der Waals surface area contributed by atoms with Gasteiger partial charge >= 0.3 is 0 Å². The summed E-state index contributed by atoms with van der Waals surface area (Å²) in [5, 5.41) is 4.06. The van der Waals surface area contributed by atoms with Crippen molar-refractivity contribution in [2.75, 3.05) is 13.1 Å². The van der Waals surface area contributed by atoms with Crippen molar-refractivity contribution in [3.63, 3.8) is 0 Å². The van der Waals surface area contributed by atoms with E-state index in [2.05, 4.69) is 10.2 Å². The van der Waals surface area contributed by atoms with Crippen LogP contribution in [0.15, 0.2) is 18.2 Å². The van der Waals surface area contributed by atoms with Gasteiger partial charge in [-0.05, 0) is 57.0 Å². The van der Waals surface area contributed by atoms with Gasteiger partial charge in [0, 0.05) is 29.2 Å². The van der Waals surface area contributed by atoms with Crippen molar-refractivity contribution in [1.82, 2.24) is 10.2 Å². The normalized spacial score (nSPS) is 21.8. The van der Waals surface area contributed by atoms with Crippen molar-refractivity contribution in [2.45, 2.75) is 44.3 Å². The van der Waals surface area contributed by atoms with Gasteiger partial charge in [-0.1, -0.05) is 11.6 Å². The average molecular weight is 283 g/mol. The predicted molar refractivity (Wildman–Crippen MR) is 75.9 cm³/mol. The monoisotopic (exact) mass is 282 g/mol. The molecule has 19 heavy (non-hydrogen) atoms. The predicted octanol–water partition coefficient (Wildman–Crippen LogP) is 3.20.